The van der Waals surface area contributed by atoms with Crippen LogP contribution in [-0.2, 0) is 24.3 Å². The molecule has 2 N–H and O–H groups in total. The predicted octanol–water partition coefficient (Wildman–Crippen LogP) is 3.01. The molecule has 0 aliphatic rings. The van der Waals surface area contributed by atoms with E-state index in [1.165, 1.54) is 36.4 Å². The number of carbonyl (C=O) groups is 1. The SMILES string of the molecule is Cc1ccc(S(=O)(=O)NC(=O)Nc2cccc(S(=O)(=O)OC(C)(C)C)c2)cc1. The van der Waals surface area contributed by atoms with Gasteiger partial charge in [0, 0.05) is 5.69 Å². The lowest BCUT2D eigenvalue weighted by atomic mass is 10.2. The van der Waals surface area contributed by atoms with E-state index in [1.54, 1.807) is 39.8 Å². The Morgan fingerprint density at radius 1 is 0.929 bits per heavy atom. The van der Waals surface area contributed by atoms with Gasteiger partial charge < -0.3 is 5.32 Å². The van der Waals surface area contributed by atoms with Gasteiger partial charge in [-0.25, -0.2) is 17.9 Å². The van der Waals surface area contributed by atoms with Crippen LogP contribution >= 0.6 is 0 Å². The number of hydrogen-bond acceptors (Lipinski definition) is 6. The standard InChI is InChI=1S/C18H22N2O6S2/c1-13-8-10-15(11-9-13)27(22,23)20-17(21)19-14-6-5-7-16(12-14)28(24,25)26-18(2,3)4/h5-12H,1-4H3,(H2,19,20,21). The Kier molecular flexibility index (Phi) is 6.17. The van der Waals surface area contributed by atoms with Gasteiger partial charge in [0.25, 0.3) is 20.1 Å². The molecular weight excluding hydrogens is 404 g/mol. The Morgan fingerprint density at radius 3 is 2.11 bits per heavy atom. The molecule has 0 heterocycles. The minimum absolute atomic E-state index is 0.0665. The molecule has 28 heavy (non-hydrogen) atoms. The van der Waals surface area contributed by atoms with E-state index in [4.69, 9.17) is 4.18 Å². The van der Waals surface area contributed by atoms with Gasteiger partial charge in [-0.15, -0.1) is 0 Å². The van der Waals surface area contributed by atoms with Gasteiger partial charge in [0.2, 0.25) is 0 Å². The third-order valence-corrected chi connectivity index (χ3v) is 6.20. The molecule has 0 saturated heterocycles. The van der Waals surface area contributed by atoms with E-state index in [9.17, 15) is 21.6 Å². The van der Waals surface area contributed by atoms with Gasteiger partial charge in [-0.1, -0.05) is 23.8 Å². The van der Waals surface area contributed by atoms with Crippen molar-refractivity contribution >= 4 is 31.9 Å². The summed E-state index contributed by atoms with van der Waals surface area (Å²) >= 11 is 0. The summed E-state index contributed by atoms with van der Waals surface area (Å²) in [7, 11) is -8.11. The van der Waals surface area contributed by atoms with E-state index in [1.807, 2.05) is 4.72 Å². The molecule has 0 aliphatic heterocycles. The third-order valence-electron chi connectivity index (χ3n) is 3.30. The van der Waals surface area contributed by atoms with E-state index < -0.39 is 31.8 Å². The lowest BCUT2D eigenvalue weighted by Crippen LogP contribution is -2.34. The molecule has 0 saturated carbocycles. The normalized spacial score (nSPS) is 12.4. The fraction of sp³-hybridized carbons (Fsp3) is 0.278. The van der Waals surface area contributed by atoms with Crippen molar-refractivity contribution in [3.05, 3.63) is 54.1 Å². The van der Waals surface area contributed by atoms with Crippen LogP contribution in [0.15, 0.2) is 58.3 Å². The summed E-state index contributed by atoms with van der Waals surface area (Å²) in [5, 5.41) is 2.31. The number of rotatable bonds is 5. The summed E-state index contributed by atoms with van der Waals surface area (Å²) in [6.07, 6.45) is 0. The van der Waals surface area contributed by atoms with Crippen LogP contribution in [0.2, 0.25) is 0 Å². The fourth-order valence-corrected chi connectivity index (χ4v) is 4.34. The molecule has 2 aromatic carbocycles. The number of sulfonamides is 1. The van der Waals surface area contributed by atoms with Crippen LogP contribution in [0.25, 0.3) is 0 Å². The second-order valence-electron chi connectivity index (χ2n) is 7.05. The molecule has 10 heteroatoms. The molecule has 152 valence electrons. The number of benzene rings is 2. The van der Waals surface area contributed by atoms with Crippen molar-refractivity contribution < 1.29 is 25.8 Å². The summed E-state index contributed by atoms with van der Waals surface area (Å²) in [6, 6.07) is 10.3. The van der Waals surface area contributed by atoms with Gasteiger partial charge in [-0.2, -0.15) is 8.42 Å². The smallest absolute Gasteiger partial charge is 0.307 e. The second kappa shape index (κ2) is 7.90. The summed E-state index contributed by atoms with van der Waals surface area (Å²) in [4.78, 5) is 11.8. The van der Waals surface area contributed by atoms with Gasteiger partial charge in [-0.3, -0.25) is 4.18 Å². The van der Waals surface area contributed by atoms with E-state index >= 15 is 0 Å². The average molecular weight is 427 g/mol. The van der Waals surface area contributed by atoms with E-state index in [0.717, 1.165) is 5.56 Å². The highest BCUT2D eigenvalue weighted by Gasteiger charge is 2.24. The maximum atomic E-state index is 12.3. The highest BCUT2D eigenvalue weighted by atomic mass is 32.2. The Bertz CT molecular complexity index is 1070. The first kappa shape index (κ1) is 21.9. The van der Waals surface area contributed by atoms with Crippen LogP contribution in [0.4, 0.5) is 10.5 Å². The molecule has 0 aliphatic carbocycles. The van der Waals surface area contributed by atoms with Gasteiger partial charge in [0.1, 0.15) is 0 Å². The molecule has 0 aromatic heterocycles. The van der Waals surface area contributed by atoms with Crippen LogP contribution in [0.5, 0.6) is 0 Å². The number of aryl methyl sites for hydroxylation is 1. The molecule has 0 spiro atoms. The minimum atomic E-state index is -4.06. The number of hydrogen-bond donors (Lipinski definition) is 2. The molecule has 0 radical (unpaired) electrons. The van der Waals surface area contributed by atoms with Crippen LogP contribution in [0.1, 0.15) is 26.3 Å². The summed E-state index contributed by atoms with van der Waals surface area (Å²) in [6.45, 7) is 6.59. The predicted molar refractivity (Wildman–Crippen MR) is 105 cm³/mol. The number of urea groups is 1. The second-order valence-corrected chi connectivity index (χ2v) is 10.3. The molecule has 2 aromatic rings. The molecule has 0 bridgehead atoms. The molecular formula is C18H22N2O6S2. The highest BCUT2D eigenvalue weighted by molar-refractivity contribution is 7.90. The minimum Gasteiger partial charge on any atom is -0.307 e. The van der Waals surface area contributed by atoms with Gasteiger partial charge in [-0.05, 0) is 58.0 Å². The molecule has 0 atom stereocenters. The number of amides is 2. The first-order chi connectivity index (χ1) is 12.8. The van der Waals surface area contributed by atoms with Crippen LogP contribution in [0, 0.1) is 6.92 Å². The molecule has 2 amide bonds. The van der Waals surface area contributed by atoms with Crippen LogP contribution < -0.4 is 10.0 Å². The molecule has 8 nitrogen and oxygen atoms in total. The van der Waals surface area contributed by atoms with Crippen molar-refractivity contribution in [3.8, 4) is 0 Å². The Labute approximate surface area is 165 Å². The topological polar surface area (TPSA) is 119 Å². The zero-order chi connectivity index (χ0) is 21.2. The largest absolute Gasteiger partial charge is 0.333 e. The zero-order valence-corrected chi connectivity index (χ0v) is 17.5. The summed E-state index contributed by atoms with van der Waals surface area (Å²) < 4.78 is 56.0. The summed E-state index contributed by atoms with van der Waals surface area (Å²) in [5.74, 6) is 0. The van der Waals surface area contributed by atoms with Crippen molar-refractivity contribution in [2.24, 2.45) is 0 Å². The monoisotopic (exact) mass is 426 g/mol. The van der Waals surface area contributed by atoms with Crippen molar-refractivity contribution in [2.75, 3.05) is 5.32 Å². The average Bonchev–Trinajstić information content (AvgIpc) is 2.52. The van der Waals surface area contributed by atoms with Crippen molar-refractivity contribution in [1.82, 2.24) is 4.72 Å². The quantitative estimate of drug-likeness (QED) is 0.710. The summed E-state index contributed by atoms with van der Waals surface area (Å²) in [5.41, 5.74) is 0.0379. The fourth-order valence-electron chi connectivity index (χ4n) is 2.16. The Morgan fingerprint density at radius 2 is 1.54 bits per heavy atom. The Hall–Kier alpha value is -2.43. The van der Waals surface area contributed by atoms with Crippen molar-refractivity contribution in [2.45, 2.75) is 43.1 Å². The molecule has 0 fully saturated rings. The lowest BCUT2D eigenvalue weighted by Gasteiger charge is -2.19. The highest BCUT2D eigenvalue weighted by Crippen LogP contribution is 2.22. The maximum Gasteiger partial charge on any atom is 0.333 e. The first-order valence-electron chi connectivity index (χ1n) is 8.25. The third kappa shape index (κ3) is 6.04. The molecule has 2 rings (SSSR count). The number of nitrogens with one attached hydrogen (secondary N) is 2. The van der Waals surface area contributed by atoms with Crippen LogP contribution in [-0.4, -0.2) is 28.5 Å². The van der Waals surface area contributed by atoms with Crippen LogP contribution in [0.3, 0.4) is 0 Å². The van der Waals surface area contributed by atoms with Gasteiger partial charge in [0.15, 0.2) is 0 Å². The first-order valence-corrected chi connectivity index (χ1v) is 11.1. The molecule has 0 unspecified atom stereocenters. The number of anilines is 1. The van der Waals surface area contributed by atoms with E-state index in [2.05, 4.69) is 5.32 Å². The van der Waals surface area contributed by atoms with E-state index in [-0.39, 0.29) is 15.5 Å². The van der Waals surface area contributed by atoms with Crippen molar-refractivity contribution in [3.63, 3.8) is 0 Å². The van der Waals surface area contributed by atoms with Gasteiger partial charge in [0.05, 0.1) is 15.4 Å². The van der Waals surface area contributed by atoms with E-state index in [0.29, 0.717) is 0 Å². The lowest BCUT2D eigenvalue weighted by molar-refractivity contribution is 0.139. The zero-order valence-electron chi connectivity index (χ0n) is 15.9. The Balaban J connectivity index is 2.16. The maximum absolute atomic E-state index is 12.3. The van der Waals surface area contributed by atoms with Gasteiger partial charge >= 0.3 is 6.03 Å². The van der Waals surface area contributed by atoms with Crippen molar-refractivity contribution in [1.29, 1.82) is 0 Å². The number of carbonyl (C=O) groups excluding carboxylic acids is 1.